The van der Waals surface area contributed by atoms with Crippen LogP contribution in [0.15, 0.2) is 41.8 Å². The number of carbonyl (C=O) groups excluding carboxylic acids is 1. The first kappa shape index (κ1) is 18.4. The molecule has 1 aliphatic heterocycles. The molecule has 1 amide bonds. The molecule has 0 spiro atoms. The molecule has 28 heavy (non-hydrogen) atoms. The number of carbonyl (C=O) groups is 1. The van der Waals surface area contributed by atoms with Crippen molar-refractivity contribution >= 4 is 22.4 Å². The summed E-state index contributed by atoms with van der Waals surface area (Å²) in [6, 6.07) is 9.21. The Hall–Kier alpha value is -3.00. The molecule has 1 N–H and O–H groups in total. The number of fused-ring (bicyclic) bond motifs is 1. The van der Waals surface area contributed by atoms with E-state index in [4.69, 9.17) is 9.47 Å². The van der Waals surface area contributed by atoms with Gasteiger partial charge in [-0.25, -0.2) is 13.8 Å². The summed E-state index contributed by atoms with van der Waals surface area (Å²) in [5, 5.41) is 5.05. The highest BCUT2D eigenvalue weighted by Crippen LogP contribution is 2.35. The lowest BCUT2D eigenvalue weighted by molar-refractivity contribution is -0.116. The largest absolute Gasteiger partial charge is 0.486 e. The maximum absolute atomic E-state index is 13.2. The van der Waals surface area contributed by atoms with Crippen LogP contribution >= 0.6 is 11.3 Å². The van der Waals surface area contributed by atoms with Crippen LogP contribution in [0.25, 0.3) is 11.3 Å². The third-order valence-electron chi connectivity index (χ3n) is 4.21. The Labute approximate surface area is 163 Å². The van der Waals surface area contributed by atoms with Gasteiger partial charge in [0.15, 0.2) is 28.3 Å². The molecule has 3 aromatic rings. The average Bonchev–Trinajstić information content (AvgIpc) is 3.17. The minimum Gasteiger partial charge on any atom is -0.486 e. The summed E-state index contributed by atoms with van der Waals surface area (Å²) in [7, 11) is 0. The van der Waals surface area contributed by atoms with Crippen LogP contribution in [-0.4, -0.2) is 24.1 Å². The summed E-state index contributed by atoms with van der Waals surface area (Å²) < 4.78 is 37.2. The van der Waals surface area contributed by atoms with Gasteiger partial charge in [-0.2, -0.15) is 0 Å². The van der Waals surface area contributed by atoms with E-state index in [1.807, 2.05) is 23.6 Å². The maximum Gasteiger partial charge on any atom is 0.226 e. The Morgan fingerprint density at radius 3 is 2.71 bits per heavy atom. The number of amides is 1. The van der Waals surface area contributed by atoms with E-state index in [2.05, 4.69) is 10.3 Å². The second kappa shape index (κ2) is 7.93. The van der Waals surface area contributed by atoms with Gasteiger partial charge in [-0.15, -0.1) is 11.3 Å². The molecule has 0 aliphatic carbocycles. The Kier molecular flexibility index (Phi) is 5.21. The van der Waals surface area contributed by atoms with Crippen molar-refractivity contribution in [3.8, 4) is 22.8 Å². The van der Waals surface area contributed by atoms with E-state index in [-0.39, 0.29) is 12.3 Å². The van der Waals surface area contributed by atoms with Gasteiger partial charge in [0.05, 0.1) is 5.69 Å². The van der Waals surface area contributed by atoms with Crippen LogP contribution in [0.2, 0.25) is 0 Å². The van der Waals surface area contributed by atoms with Gasteiger partial charge >= 0.3 is 0 Å². The van der Waals surface area contributed by atoms with E-state index in [1.54, 1.807) is 0 Å². The zero-order valence-electron chi connectivity index (χ0n) is 14.7. The van der Waals surface area contributed by atoms with E-state index in [1.165, 1.54) is 17.4 Å². The number of nitrogens with one attached hydrogen (secondary N) is 1. The topological polar surface area (TPSA) is 60.5 Å². The average molecular weight is 402 g/mol. The summed E-state index contributed by atoms with van der Waals surface area (Å²) >= 11 is 1.31. The number of ether oxygens (including phenoxy) is 2. The van der Waals surface area contributed by atoms with Crippen molar-refractivity contribution in [1.82, 2.24) is 4.98 Å². The van der Waals surface area contributed by atoms with Crippen molar-refractivity contribution in [2.24, 2.45) is 0 Å². The zero-order valence-corrected chi connectivity index (χ0v) is 15.5. The molecule has 8 heteroatoms. The summed E-state index contributed by atoms with van der Waals surface area (Å²) in [5.74, 6) is -0.679. The van der Waals surface area contributed by atoms with Crippen molar-refractivity contribution in [2.75, 3.05) is 18.5 Å². The Bertz CT molecular complexity index is 1020. The number of aromatic nitrogens is 1. The van der Waals surface area contributed by atoms with Gasteiger partial charge in [0.2, 0.25) is 5.91 Å². The number of benzene rings is 2. The molecule has 2 aromatic carbocycles. The van der Waals surface area contributed by atoms with Crippen molar-refractivity contribution in [3.05, 3.63) is 59.0 Å². The van der Waals surface area contributed by atoms with Crippen molar-refractivity contribution < 1.29 is 23.0 Å². The molecule has 144 valence electrons. The number of hydrogen-bond acceptors (Lipinski definition) is 5. The van der Waals surface area contributed by atoms with E-state index in [0.717, 1.165) is 23.4 Å². The first-order valence-corrected chi connectivity index (χ1v) is 9.56. The molecule has 0 saturated carbocycles. The molecule has 5 nitrogen and oxygen atoms in total. The van der Waals surface area contributed by atoms with E-state index < -0.39 is 11.6 Å². The van der Waals surface area contributed by atoms with Gasteiger partial charge < -0.3 is 14.8 Å². The Morgan fingerprint density at radius 2 is 1.89 bits per heavy atom. The third-order valence-corrected chi connectivity index (χ3v) is 4.97. The molecule has 0 fully saturated rings. The summed E-state index contributed by atoms with van der Waals surface area (Å²) in [5.41, 5.74) is 2.14. The molecule has 2 heterocycles. The van der Waals surface area contributed by atoms with Crippen LogP contribution in [0.1, 0.15) is 12.0 Å². The fraction of sp³-hybridized carbons (Fsp3) is 0.200. The van der Waals surface area contributed by atoms with Crippen LogP contribution in [0.3, 0.4) is 0 Å². The predicted octanol–water partition coefficient (Wildman–Crippen LogP) is 4.43. The van der Waals surface area contributed by atoms with E-state index in [0.29, 0.717) is 41.8 Å². The Balaban J connectivity index is 1.37. The standard InChI is InChI=1S/C20H16F2N2O3S/c21-14-4-1-12(9-15(14)22)2-6-19(25)24-20-23-16(11-28-20)13-3-5-17-18(10-13)27-8-7-26-17/h1,3-5,9-11H,2,6-8H2,(H,23,24,25). The number of halogens is 2. The van der Waals surface area contributed by atoms with Gasteiger partial charge in [-0.1, -0.05) is 6.07 Å². The van der Waals surface area contributed by atoms with E-state index >= 15 is 0 Å². The number of nitrogens with zero attached hydrogens (tertiary/aromatic N) is 1. The molecular formula is C20H16F2N2O3S. The lowest BCUT2D eigenvalue weighted by atomic mass is 10.1. The summed E-state index contributed by atoms with van der Waals surface area (Å²) in [6.45, 7) is 1.04. The quantitative estimate of drug-likeness (QED) is 0.686. The van der Waals surface area contributed by atoms with Gasteiger partial charge in [0, 0.05) is 17.4 Å². The summed E-state index contributed by atoms with van der Waals surface area (Å²) in [4.78, 5) is 16.6. The highest BCUT2D eigenvalue weighted by atomic mass is 32.1. The number of aryl methyl sites for hydroxylation is 1. The van der Waals surface area contributed by atoms with Crippen molar-refractivity contribution in [2.45, 2.75) is 12.8 Å². The lowest BCUT2D eigenvalue weighted by Crippen LogP contribution is -2.15. The Morgan fingerprint density at radius 1 is 1.07 bits per heavy atom. The van der Waals surface area contributed by atoms with Crippen LogP contribution in [0.4, 0.5) is 13.9 Å². The van der Waals surface area contributed by atoms with Crippen LogP contribution < -0.4 is 14.8 Å². The highest BCUT2D eigenvalue weighted by molar-refractivity contribution is 7.14. The molecular weight excluding hydrogens is 386 g/mol. The predicted molar refractivity (Wildman–Crippen MR) is 102 cm³/mol. The molecule has 0 atom stereocenters. The van der Waals surface area contributed by atoms with Crippen LogP contribution in [0.5, 0.6) is 11.5 Å². The maximum atomic E-state index is 13.2. The van der Waals surface area contributed by atoms with Crippen LogP contribution in [-0.2, 0) is 11.2 Å². The van der Waals surface area contributed by atoms with Gasteiger partial charge in [-0.3, -0.25) is 4.79 Å². The second-order valence-corrected chi connectivity index (χ2v) is 7.05. The molecule has 0 saturated heterocycles. The van der Waals surface area contributed by atoms with Crippen molar-refractivity contribution in [1.29, 1.82) is 0 Å². The van der Waals surface area contributed by atoms with E-state index in [9.17, 15) is 13.6 Å². The minimum absolute atomic E-state index is 0.143. The fourth-order valence-corrected chi connectivity index (χ4v) is 3.54. The monoisotopic (exact) mass is 402 g/mol. The molecule has 0 bridgehead atoms. The van der Waals surface area contributed by atoms with Crippen molar-refractivity contribution in [3.63, 3.8) is 0 Å². The highest BCUT2D eigenvalue weighted by Gasteiger charge is 2.14. The SMILES string of the molecule is O=C(CCc1ccc(F)c(F)c1)Nc1nc(-c2ccc3c(c2)OCCO3)cs1. The molecule has 1 aliphatic rings. The minimum atomic E-state index is -0.915. The first-order valence-electron chi connectivity index (χ1n) is 8.68. The lowest BCUT2D eigenvalue weighted by Gasteiger charge is -2.18. The smallest absolute Gasteiger partial charge is 0.226 e. The normalized spacial score (nSPS) is 12.6. The summed E-state index contributed by atoms with van der Waals surface area (Å²) in [6.07, 6.45) is 0.452. The number of rotatable bonds is 5. The first-order chi connectivity index (χ1) is 13.6. The third kappa shape index (κ3) is 4.12. The molecule has 4 rings (SSSR count). The van der Waals surface area contributed by atoms with Crippen LogP contribution in [0, 0.1) is 11.6 Å². The molecule has 0 radical (unpaired) electrons. The fourth-order valence-electron chi connectivity index (χ4n) is 2.80. The number of anilines is 1. The molecule has 0 unspecified atom stereocenters. The zero-order chi connectivity index (χ0) is 19.5. The van der Waals surface area contributed by atoms with Gasteiger partial charge in [0.1, 0.15) is 13.2 Å². The van der Waals surface area contributed by atoms with Gasteiger partial charge in [-0.05, 0) is 42.3 Å². The molecule has 1 aromatic heterocycles. The van der Waals surface area contributed by atoms with Gasteiger partial charge in [0.25, 0.3) is 0 Å². The number of thiazole rings is 1. The number of hydrogen-bond donors (Lipinski definition) is 1. The second-order valence-electron chi connectivity index (χ2n) is 6.19.